The number of anilines is 3. The third-order valence-corrected chi connectivity index (χ3v) is 8.16. The lowest BCUT2D eigenvalue weighted by molar-refractivity contribution is 0.971. The van der Waals surface area contributed by atoms with Gasteiger partial charge in [0, 0.05) is 23.0 Å². The van der Waals surface area contributed by atoms with Gasteiger partial charge in [-0.15, -0.1) is 0 Å². The number of hydrogen-bond acceptors (Lipinski definition) is 1. The van der Waals surface area contributed by atoms with Gasteiger partial charge in [0.2, 0.25) is 0 Å². The normalized spacial score (nSPS) is 11.3. The van der Waals surface area contributed by atoms with Gasteiger partial charge in [0.15, 0.2) is 0 Å². The molecule has 6 rings (SSSR count). The number of benzene rings is 6. The third kappa shape index (κ3) is 6.74. The van der Waals surface area contributed by atoms with Gasteiger partial charge < -0.3 is 4.90 Å². The summed E-state index contributed by atoms with van der Waals surface area (Å²) in [5, 5.41) is 0. The highest BCUT2D eigenvalue weighted by atomic mass is 15.1. The molecular formula is C43H39N. The first-order valence-corrected chi connectivity index (χ1v) is 15.4. The van der Waals surface area contributed by atoms with Crippen LogP contribution in [-0.4, -0.2) is 0 Å². The van der Waals surface area contributed by atoms with E-state index in [-0.39, 0.29) is 5.92 Å². The highest BCUT2D eigenvalue weighted by molar-refractivity contribution is 5.78. The van der Waals surface area contributed by atoms with E-state index in [0.29, 0.717) is 0 Å². The zero-order chi connectivity index (χ0) is 30.5. The summed E-state index contributed by atoms with van der Waals surface area (Å²) < 4.78 is 0. The largest absolute Gasteiger partial charge is 0.310 e. The minimum atomic E-state index is 0.199. The van der Waals surface area contributed by atoms with Crippen molar-refractivity contribution in [2.75, 3.05) is 4.90 Å². The van der Waals surface area contributed by atoms with Gasteiger partial charge in [0.1, 0.15) is 0 Å². The van der Waals surface area contributed by atoms with E-state index in [4.69, 9.17) is 0 Å². The standard InChI is InChI=1S/C43H39N/c1-31-9-5-13-38(27-31)43(39-14-6-10-32(2)28-39)37-23-19-35(20-24-37)17-18-36-21-25-40(26-22-36)44(41-15-7-11-33(3)29-41)42-16-8-12-34(4)30-42/h5-30,43H,1-4H3/b18-17+. The summed E-state index contributed by atoms with van der Waals surface area (Å²) in [5.41, 5.74) is 14.8. The van der Waals surface area contributed by atoms with Crippen LogP contribution >= 0.6 is 0 Å². The van der Waals surface area contributed by atoms with Crippen molar-refractivity contribution in [3.05, 3.63) is 196 Å². The summed E-state index contributed by atoms with van der Waals surface area (Å²) in [7, 11) is 0. The highest BCUT2D eigenvalue weighted by Gasteiger charge is 2.17. The van der Waals surface area contributed by atoms with E-state index < -0.39 is 0 Å². The van der Waals surface area contributed by atoms with Gasteiger partial charge >= 0.3 is 0 Å². The molecule has 6 aromatic carbocycles. The summed E-state index contributed by atoms with van der Waals surface area (Å²) in [4.78, 5) is 2.32. The first-order valence-electron chi connectivity index (χ1n) is 15.4. The van der Waals surface area contributed by atoms with Crippen molar-refractivity contribution in [2.45, 2.75) is 33.6 Å². The molecule has 0 saturated carbocycles. The Morgan fingerprint density at radius 2 is 0.795 bits per heavy atom. The zero-order valence-corrected chi connectivity index (χ0v) is 26.0. The van der Waals surface area contributed by atoms with Crippen LogP contribution in [0.1, 0.15) is 56.0 Å². The van der Waals surface area contributed by atoms with Crippen molar-refractivity contribution in [3.63, 3.8) is 0 Å². The molecule has 0 radical (unpaired) electrons. The molecule has 0 bridgehead atoms. The minimum absolute atomic E-state index is 0.199. The monoisotopic (exact) mass is 569 g/mol. The topological polar surface area (TPSA) is 3.24 Å². The summed E-state index contributed by atoms with van der Waals surface area (Å²) in [6.45, 7) is 8.62. The number of aryl methyl sites for hydroxylation is 4. The van der Waals surface area contributed by atoms with Crippen molar-refractivity contribution < 1.29 is 0 Å². The first-order chi connectivity index (χ1) is 21.4. The van der Waals surface area contributed by atoms with Crippen LogP contribution in [0.5, 0.6) is 0 Å². The molecule has 0 heterocycles. The lowest BCUT2D eigenvalue weighted by Gasteiger charge is -2.26. The molecule has 0 N–H and O–H groups in total. The second-order valence-corrected chi connectivity index (χ2v) is 11.9. The van der Waals surface area contributed by atoms with E-state index in [9.17, 15) is 0 Å². The molecule has 0 unspecified atom stereocenters. The predicted octanol–water partition coefficient (Wildman–Crippen LogP) is 11.7. The Bertz CT molecular complexity index is 1660. The highest BCUT2D eigenvalue weighted by Crippen LogP contribution is 2.36. The van der Waals surface area contributed by atoms with Gasteiger partial charge in [0.25, 0.3) is 0 Å². The molecule has 6 aromatic rings. The van der Waals surface area contributed by atoms with E-state index in [2.05, 4.69) is 190 Å². The van der Waals surface area contributed by atoms with Gasteiger partial charge in [-0.05, 0) is 103 Å². The van der Waals surface area contributed by atoms with Crippen LogP contribution in [0.4, 0.5) is 17.1 Å². The molecule has 0 aliphatic carbocycles. The summed E-state index contributed by atoms with van der Waals surface area (Å²) in [6.07, 6.45) is 4.40. The van der Waals surface area contributed by atoms with Crippen LogP contribution in [0.15, 0.2) is 146 Å². The first kappa shape index (κ1) is 29.0. The van der Waals surface area contributed by atoms with E-state index in [1.165, 1.54) is 50.1 Å². The Morgan fingerprint density at radius 3 is 1.23 bits per heavy atom. The van der Waals surface area contributed by atoms with Crippen molar-refractivity contribution in [1.29, 1.82) is 0 Å². The Morgan fingerprint density at radius 1 is 0.386 bits per heavy atom. The van der Waals surface area contributed by atoms with Crippen LogP contribution in [0, 0.1) is 27.7 Å². The molecule has 216 valence electrons. The smallest absolute Gasteiger partial charge is 0.0464 e. The van der Waals surface area contributed by atoms with Crippen molar-refractivity contribution in [2.24, 2.45) is 0 Å². The second kappa shape index (κ2) is 13.0. The van der Waals surface area contributed by atoms with E-state index in [0.717, 1.165) is 17.1 Å². The molecule has 0 spiro atoms. The third-order valence-electron chi connectivity index (χ3n) is 8.16. The van der Waals surface area contributed by atoms with Gasteiger partial charge in [0.05, 0.1) is 0 Å². The quantitative estimate of drug-likeness (QED) is 0.130. The molecule has 0 aliphatic rings. The summed E-state index contributed by atoms with van der Waals surface area (Å²) >= 11 is 0. The number of nitrogens with zero attached hydrogens (tertiary/aromatic N) is 1. The molecule has 1 nitrogen and oxygen atoms in total. The van der Waals surface area contributed by atoms with Crippen LogP contribution in [0.3, 0.4) is 0 Å². The second-order valence-electron chi connectivity index (χ2n) is 11.9. The number of rotatable bonds is 8. The lowest BCUT2D eigenvalue weighted by atomic mass is 9.84. The van der Waals surface area contributed by atoms with Crippen molar-refractivity contribution in [3.8, 4) is 0 Å². The van der Waals surface area contributed by atoms with E-state index in [1.807, 2.05) is 0 Å². The van der Waals surface area contributed by atoms with Gasteiger partial charge in [-0.1, -0.05) is 132 Å². The fraction of sp³-hybridized carbons (Fsp3) is 0.116. The summed E-state index contributed by atoms with van der Waals surface area (Å²) in [6, 6.07) is 53.0. The maximum absolute atomic E-state index is 2.32. The molecule has 0 saturated heterocycles. The molecule has 44 heavy (non-hydrogen) atoms. The van der Waals surface area contributed by atoms with Crippen LogP contribution in [-0.2, 0) is 0 Å². The van der Waals surface area contributed by atoms with Gasteiger partial charge in [-0.2, -0.15) is 0 Å². The Labute approximate surface area is 262 Å². The van der Waals surface area contributed by atoms with Crippen LogP contribution in [0.25, 0.3) is 12.2 Å². The van der Waals surface area contributed by atoms with E-state index >= 15 is 0 Å². The van der Waals surface area contributed by atoms with Crippen LogP contribution < -0.4 is 4.90 Å². The van der Waals surface area contributed by atoms with Crippen molar-refractivity contribution in [1.82, 2.24) is 0 Å². The van der Waals surface area contributed by atoms with E-state index in [1.54, 1.807) is 0 Å². The zero-order valence-electron chi connectivity index (χ0n) is 26.0. The minimum Gasteiger partial charge on any atom is -0.310 e. The average Bonchev–Trinajstić information content (AvgIpc) is 3.02. The predicted molar refractivity (Wildman–Crippen MR) is 189 cm³/mol. The van der Waals surface area contributed by atoms with Gasteiger partial charge in [-0.3, -0.25) is 0 Å². The molecule has 0 aliphatic heterocycles. The maximum Gasteiger partial charge on any atom is 0.0464 e. The Kier molecular flexibility index (Phi) is 8.57. The molecule has 0 atom stereocenters. The fourth-order valence-electron chi connectivity index (χ4n) is 5.98. The Hall–Kier alpha value is -5.14. The average molecular weight is 570 g/mol. The van der Waals surface area contributed by atoms with Crippen molar-refractivity contribution >= 4 is 29.2 Å². The van der Waals surface area contributed by atoms with Gasteiger partial charge in [-0.25, -0.2) is 0 Å². The van der Waals surface area contributed by atoms with Crippen LogP contribution in [0.2, 0.25) is 0 Å². The maximum atomic E-state index is 2.32. The summed E-state index contributed by atoms with van der Waals surface area (Å²) in [5.74, 6) is 0.199. The molecule has 1 heteroatoms. The molecule has 0 aromatic heterocycles. The fourth-order valence-corrected chi connectivity index (χ4v) is 5.98. The molecule has 0 fully saturated rings. The Balaban J connectivity index is 1.25. The number of hydrogen-bond donors (Lipinski definition) is 0. The molecule has 0 amide bonds. The lowest BCUT2D eigenvalue weighted by Crippen LogP contribution is -2.10. The molecular weight excluding hydrogens is 530 g/mol. The SMILES string of the molecule is Cc1cccc(C(c2ccc(/C=C/c3ccc(N(c4cccc(C)c4)c4cccc(C)c4)cc3)cc2)c2cccc(C)c2)c1.